The van der Waals surface area contributed by atoms with Crippen LogP contribution in [0.5, 0.6) is 0 Å². The largest absolute Gasteiger partial charge is 0.451 e. The molecular weight excluding hydrogens is 506 g/mol. The van der Waals surface area contributed by atoms with Gasteiger partial charge in [-0.3, -0.25) is 10.1 Å². The smallest absolute Gasteiger partial charge is 0.293 e. The third-order valence-electron chi connectivity index (χ3n) is 6.13. The first-order valence-corrected chi connectivity index (χ1v) is 12.5. The fraction of sp³-hybridized carbons (Fsp3) is 0.138. The van der Waals surface area contributed by atoms with E-state index >= 15 is 0 Å². The number of nitrogens with zero attached hydrogens (tertiary/aromatic N) is 1. The number of benzene rings is 3. The van der Waals surface area contributed by atoms with E-state index in [9.17, 15) is 4.79 Å². The Hall–Kier alpha value is -3.94. The number of thiocarbonyl (C=S) groups is 1. The first-order chi connectivity index (χ1) is 17.7. The summed E-state index contributed by atoms with van der Waals surface area (Å²) in [4.78, 5) is 17.2. The quantitative estimate of drug-likeness (QED) is 0.231. The molecule has 0 atom stereocenters. The highest BCUT2D eigenvalue weighted by molar-refractivity contribution is 7.80. The summed E-state index contributed by atoms with van der Waals surface area (Å²) in [6.07, 6.45) is 0.571. The minimum absolute atomic E-state index is 0.148. The number of carbonyl (C=O) groups excluding carboxylic acids is 1. The Morgan fingerprint density at radius 3 is 2.43 bits per heavy atom. The number of aryl methyl sites for hydroxylation is 3. The van der Waals surface area contributed by atoms with E-state index in [1.165, 1.54) is 11.1 Å². The Bertz CT molecular complexity index is 1600. The van der Waals surface area contributed by atoms with Crippen LogP contribution >= 0.6 is 23.8 Å². The van der Waals surface area contributed by atoms with Gasteiger partial charge in [0, 0.05) is 22.7 Å². The Balaban J connectivity index is 1.18. The molecule has 1 amide bonds. The summed E-state index contributed by atoms with van der Waals surface area (Å²) in [6, 6.07) is 20.7. The maximum absolute atomic E-state index is 12.6. The minimum Gasteiger partial charge on any atom is -0.451 e. The van der Waals surface area contributed by atoms with Crippen LogP contribution in [0, 0.1) is 20.8 Å². The number of aromatic nitrogens is 1. The second-order valence-corrected chi connectivity index (χ2v) is 9.74. The molecule has 5 rings (SSSR count). The molecule has 37 heavy (non-hydrogen) atoms. The van der Waals surface area contributed by atoms with Crippen LogP contribution in [0.3, 0.4) is 0 Å². The minimum atomic E-state index is -0.444. The number of rotatable bonds is 5. The van der Waals surface area contributed by atoms with Crippen LogP contribution < -0.4 is 10.6 Å². The van der Waals surface area contributed by atoms with Gasteiger partial charge in [-0.1, -0.05) is 35.9 Å². The molecule has 0 aliphatic rings. The fourth-order valence-electron chi connectivity index (χ4n) is 3.87. The standard InChI is InChI=1S/C29H24ClN3O3S/c1-16-4-7-20(15-22(16)30)24-10-11-25(35-24)28(34)33-29(37)31-21-8-5-19(6-9-21)14-27-32-23-12-17(2)18(3)13-26(23)36-27/h4-13,15H,14H2,1-3H3,(H2,31,33,34,37). The van der Waals surface area contributed by atoms with Gasteiger partial charge < -0.3 is 14.2 Å². The van der Waals surface area contributed by atoms with Crippen LogP contribution in [0.1, 0.15) is 38.7 Å². The van der Waals surface area contributed by atoms with Gasteiger partial charge in [0.1, 0.15) is 11.3 Å². The van der Waals surface area contributed by atoms with Crippen LogP contribution in [0.15, 0.2) is 75.6 Å². The van der Waals surface area contributed by atoms with Gasteiger partial charge in [-0.15, -0.1) is 0 Å². The Kier molecular flexibility index (Phi) is 6.82. The number of nitrogens with one attached hydrogen (secondary N) is 2. The zero-order valence-corrected chi connectivity index (χ0v) is 22.1. The summed E-state index contributed by atoms with van der Waals surface area (Å²) in [5.74, 6) is 0.912. The van der Waals surface area contributed by atoms with E-state index in [1.807, 2.05) is 55.5 Å². The number of hydrogen-bond acceptors (Lipinski definition) is 5. The highest BCUT2D eigenvalue weighted by atomic mass is 35.5. The molecule has 2 N–H and O–H groups in total. The van der Waals surface area contributed by atoms with Crippen molar-refractivity contribution < 1.29 is 13.6 Å². The molecule has 0 saturated heterocycles. The third-order valence-corrected chi connectivity index (χ3v) is 6.74. The zero-order valence-electron chi connectivity index (χ0n) is 20.5. The predicted octanol–water partition coefficient (Wildman–Crippen LogP) is 7.38. The molecule has 6 nitrogen and oxygen atoms in total. The molecule has 0 aliphatic heterocycles. The lowest BCUT2D eigenvalue weighted by Gasteiger charge is -2.09. The number of halogens is 1. The topological polar surface area (TPSA) is 80.3 Å². The number of hydrogen-bond donors (Lipinski definition) is 2. The van der Waals surface area contributed by atoms with Crippen molar-refractivity contribution in [3.63, 3.8) is 0 Å². The number of carbonyl (C=O) groups is 1. The molecule has 0 radical (unpaired) electrons. The van der Waals surface area contributed by atoms with Gasteiger partial charge in [-0.25, -0.2) is 4.98 Å². The first-order valence-electron chi connectivity index (χ1n) is 11.7. The van der Waals surface area contributed by atoms with Crippen molar-refractivity contribution in [1.82, 2.24) is 10.3 Å². The van der Waals surface area contributed by atoms with Crippen molar-refractivity contribution in [3.8, 4) is 11.3 Å². The van der Waals surface area contributed by atoms with Gasteiger partial charge in [-0.05, 0) is 97.7 Å². The van der Waals surface area contributed by atoms with Crippen LogP contribution in [0.2, 0.25) is 5.02 Å². The lowest BCUT2D eigenvalue weighted by Crippen LogP contribution is -2.33. The summed E-state index contributed by atoms with van der Waals surface area (Å²) in [7, 11) is 0. The highest BCUT2D eigenvalue weighted by Crippen LogP contribution is 2.27. The van der Waals surface area contributed by atoms with Crippen LogP contribution in [-0.4, -0.2) is 16.0 Å². The molecule has 0 saturated carbocycles. The molecule has 0 unspecified atom stereocenters. The monoisotopic (exact) mass is 529 g/mol. The number of furan rings is 1. The van der Waals surface area contributed by atoms with Crippen LogP contribution in [0.4, 0.5) is 5.69 Å². The first kappa shape index (κ1) is 24.7. The highest BCUT2D eigenvalue weighted by Gasteiger charge is 2.15. The van der Waals surface area contributed by atoms with Gasteiger partial charge >= 0.3 is 0 Å². The molecule has 2 aromatic heterocycles. The molecule has 2 heterocycles. The summed E-state index contributed by atoms with van der Waals surface area (Å²) in [6.45, 7) is 6.05. The molecule has 0 bridgehead atoms. The van der Waals surface area contributed by atoms with E-state index in [4.69, 9.17) is 32.7 Å². The summed E-state index contributed by atoms with van der Waals surface area (Å²) < 4.78 is 11.6. The van der Waals surface area contributed by atoms with E-state index < -0.39 is 5.91 Å². The van der Waals surface area contributed by atoms with E-state index in [-0.39, 0.29) is 10.9 Å². The maximum Gasteiger partial charge on any atom is 0.293 e. The Morgan fingerprint density at radius 1 is 0.919 bits per heavy atom. The van der Waals surface area contributed by atoms with E-state index in [2.05, 4.69) is 29.5 Å². The maximum atomic E-state index is 12.6. The van der Waals surface area contributed by atoms with Crippen molar-refractivity contribution in [1.29, 1.82) is 0 Å². The van der Waals surface area contributed by atoms with Gasteiger partial charge in [0.2, 0.25) is 0 Å². The van der Waals surface area contributed by atoms with Gasteiger partial charge in [0.15, 0.2) is 22.3 Å². The number of amides is 1. The van der Waals surface area contributed by atoms with Gasteiger partial charge in [-0.2, -0.15) is 0 Å². The lowest BCUT2D eigenvalue weighted by atomic mass is 10.1. The molecule has 186 valence electrons. The molecule has 0 fully saturated rings. The van der Waals surface area contributed by atoms with E-state index in [0.717, 1.165) is 33.5 Å². The lowest BCUT2D eigenvalue weighted by molar-refractivity contribution is 0.0951. The van der Waals surface area contributed by atoms with Crippen molar-refractivity contribution in [2.24, 2.45) is 0 Å². The van der Waals surface area contributed by atoms with Gasteiger partial charge in [0.25, 0.3) is 5.91 Å². The Morgan fingerprint density at radius 2 is 1.68 bits per heavy atom. The van der Waals surface area contributed by atoms with E-state index in [1.54, 1.807) is 18.2 Å². The molecule has 3 aromatic carbocycles. The summed E-state index contributed by atoms with van der Waals surface area (Å²) in [5, 5.41) is 6.47. The molecule has 8 heteroatoms. The molecule has 0 spiro atoms. The normalized spacial score (nSPS) is 11.0. The number of anilines is 1. The zero-order chi connectivity index (χ0) is 26.1. The van der Waals surface area contributed by atoms with Crippen molar-refractivity contribution >= 4 is 51.6 Å². The number of fused-ring (bicyclic) bond motifs is 1. The van der Waals surface area contributed by atoms with Crippen molar-refractivity contribution in [3.05, 3.63) is 106 Å². The van der Waals surface area contributed by atoms with Crippen molar-refractivity contribution in [2.45, 2.75) is 27.2 Å². The number of oxazole rings is 1. The third kappa shape index (κ3) is 5.58. The van der Waals surface area contributed by atoms with Gasteiger partial charge in [0.05, 0.1) is 0 Å². The van der Waals surface area contributed by atoms with E-state index in [0.29, 0.717) is 23.1 Å². The predicted molar refractivity (Wildman–Crippen MR) is 150 cm³/mol. The molecule has 0 aliphatic carbocycles. The van der Waals surface area contributed by atoms with Crippen LogP contribution in [-0.2, 0) is 6.42 Å². The van der Waals surface area contributed by atoms with Crippen LogP contribution in [0.25, 0.3) is 22.4 Å². The average molecular weight is 530 g/mol. The average Bonchev–Trinajstić information content (AvgIpc) is 3.50. The SMILES string of the molecule is Cc1cc2nc(Cc3ccc(NC(=S)NC(=O)c4ccc(-c5ccc(C)c(Cl)c5)o4)cc3)oc2cc1C. The summed E-state index contributed by atoms with van der Waals surface area (Å²) in [5.41, 5.74) is 7.57. The second kappa shape index (κ2) is 10.2. The molecular formula is C29H24ClN3O3S. The fourth-order valence-corrected chi connectivity index (χ4v) is 4.26. The van der Waals surface area contributed by atoms with Crippen molar-refractivity contribution in [2.75, 3.05) is 5.32 Å². The second-order valence-electron chi connectivity index (χ2n) is 8.92. The summed E-state index contributed by atoms with van der Waals surface area (Å²) >= 11 is 11.5. The molecule has 5 aromatic rings. The Labute approximate surface area is 224 Å².